The lowest BCUT2D eigenvalue weighted by Gasteiger charge is -2.26. The van der Waals surface area contributed by atoms with Crippen molar-refractivity contribution < 1.29 is 4.79 Å². The van der Waals surface area contributed by atoms with Crippen LogP contribution in [0.2, 0.25) is 0 Å². The second-order valence-corrected chi connectivity index (χ2v) is 4.89. The summed E-state index contributed by atoms with van der Waals surface area (Å²) in [6, 6.07) is 8.08. The monoisotopic (exact) mass is 262 g/mol. The van der Waals surface area contributed by atoms with Crippen LogP contribution in [0.15, 0.2) is 24.3 Å². The predicted octanol–water partition coefficient (Wildman–Crippen LogP) is 3.77. The van der Waals surface area contributed by atoms with E-state index in [-0.39, 0.29) is 5.91 Å². The number of carbonyl (C=O) groups excluding carboxylic acids is 1. The Morgan fingerprint density at radius 3 is 2.21 bits per heavy atom. The van der Waals surface area contributed by atoms with Crippen LogP contribution in [0.1, 0.15) is 50.4 Å². The molecule has 1 aromatic rings. The van der Waals surface area contributed by atoms with Gasteiger partial charge in [0.05, 0.1) is 0 Å². The molecule has 0 aromatic heterocycles. The van der Waals surface area contributed by atoms with Crippen molar-refractivity contribution in [1.82, 2.24) is 4.90 Å². The molecule has 19 heavy (non-hydrogen) atoms. The normalized spacial score (nSPS) is 10.6. The molecule has 0 unspecified atom stereocenters. The molecular weight excluding hydrogens is 236 g/mol. The summed E-state index contributed by atoms with van der Waals surface area (Å²) in [6.45, 7) is 7.34. The highest BCUT2D eigenvalue weighted by atomic mass is 16.2. The summed E-state index contributed by atoms with van der Waals surface area (Å²) in [5, 5.41) is 3.31. The molecule has 0 radical (unpaired) electrons. The Kier molecular flexibility index (Phi) is 6.40. The molecule has 1 amide bonds. The minimum atomic E-state index is 0.107. The van der Waals surface area contributed by atoms with Crippen molar-refractivity contribution in [3.05, 3.63) is 29.8 Å². The van der Waals surface area contributed by atoms with Crippen molar-refractivity contribution in [1.29, 1.82) is 0 Å². The van der Waals surface area contributed by atoms with Gasteiger partial charge in [0, 0.05) is 30.9 Å². The second-order valence-electron chi connectivity index (χ2n) is 4.89. The molecule has 3 nitrogen and oxygen atoms in total. The molecule has 0 aliphatic heterocycles. The third-order valence-corrected chi connectivity index (χ3v) is 3.52. The van der Waals surface area contributed by atoms with Crippen LogP contribution in [0.5, 0.6) is 0 Å². The zero-order valence-electron chi connectivity index (χ0n) is 12.6. The summed E-state index contributed by atoms with van der Waals surface area (Å²) in [5.41, 5.74) is 1.83. The Morgan fingerprint density at radius 1 is 1.16 bits per heavy atom. The number of carbonyl (C=O) groups is 1. The molecule has 0 spiro atoms. The van der Waals surface area contributed by atoms with Gasteiger partial charge in [0.15, 0.2) is 0 Å². The van der Waals surface area contributed by atoms with Crippen LogP contribution in [-0.4, -0.2) is 30.4 Å². The molecule has 106 valence electrons. The summed E-state index contributed by atoms with van der Waals surface area (Å²) in [5.74, 6) is 0.107. The molecule has 3 heteroatoms. The highest BCUT2D eigenvalue weighted by Crippen LogP contribution is 2.14. The molecule has 0 saturated heterocycles. The van der Waals surface area contributed by atoms with Crippen molar-refractivity contribution in [2.75, 3.05) is 18.9 Å². The number of nitrogens with zero attached hydrogens (tertiary/aromatic N) is 1. The van der Waals surface area contributed by atoms with E-state index in [1.54, 1.807) is 0 Å². The molecule has 0 fully saturated rings. The summed E-state index contributed by atoms with van der Waals surface area (Å²) in [7, 11) is 1.89. The average molecular weight is 262 g/mol. The number of rotatable bonds is 7. The lowest BCUT2D eigenvalue weighted by Crippen LogP contribution is -2.36. The van der Waals surface area contributed by atoms with E-state index in [1.165, 1.54) is 0 Å². The van der Waals surface area contributed by atoms with E-state index < -0.39 is 0 Å². The van der Waals surface area contributed by atoms with Gasteiger partial charge in [-0.2, -0.15) is 0 Å². The first-order chi connectivity index (χ1) is 9.13. The first-order valence-electron chi connectivity index (χ1n) is 7.25. The molecule has 1 N–H and O–H groups in total. The lowest BCUT2D eigenvalue weighted by atomic mass is 10.1. The maximum atomic E-state index is 12.3. The Bertz CT molecular complexity index is 382. The lowest BCUT2D eigenvalue weighted by molar-refractivity contribution is 0.0723. The molecule has 1 aromatic carbocycles. The van der Waals surface area contributed by atoms with Crippen LogP contribution in [0.3, 0.4) is 0 Å². The molecule has 0 heterocycles. The molecule has 1 rings (SSSR count). The van der Waals surface area contributed by atoms with Gasteiger partial charge in [-0.25, -0.2) is 0 Å². The maximum absolute atomic E-state index is 12.3. The van der Waals surface area contributed by atoms with Gasteiger partial charge in [0.2, 0.25) is 0 Å². The van der Waals surface area contributed by atoms with Crippen molar-refractivity contribution in [2.45, 2.75) is 46.1 Å². The third-order valence-electron chi connectivity index (χ3n) is 3.52. The number of hydrogen-bond donors (Lipinski definition) is 1. The Morgan fingerprint density at radius 2 is 1.74 bits per heavy atom. The van der Waals surface area contributed by atoms with Gasteiger partial charge in [0.25, 0.3) is 5.91 Å². The Hall–Kier alpha value is -1.51. The van der Waals surface area contributed by atoms with Gasteiger partial charge < -0.3 is 10.2 Å². The molecule has 0 aliphatic carbocycles. The fourth-order valence-corrected chi connectivity index (χ4v) is 2.21. The van der Waals surface area contributed by atoms with E-state index >= 15 is 0 Å². The largest absolute Gasteiger partial charge is 0.385 e. The summed E-state index contributed by atoms with van der Waals surface area (Å²) in [4.78, 5) is 14.2. The molecular formula is C16H26N2O. The second kappa shape index (κ2) is 7.82. The maximum Gasteiger partial charge on any atom is 0.253 e. The SMILES string of the molecule is CCCNc1ccc(C(=O)N(C)C(CC)CC)cc1. The van der Waals surface area contributed by atoms with E-state index in [4.69, 9.17) is 0 Å². The van der Waals surface area contributed by atoms with Crippen molar-refractivity contribution >= 4 is 11.6 Å². The number of anilines is 1. The van der Waals surface area contributed by atoms with E-state index in [2.05, 4.69) is 26.1 Å². The van der Waals surface area contributed by atoms with Gasteiger partial charge in [0.1, 0.15) is 0 Å². The highest BCUT2D eigenvalue weighted by Gasteiger charge is 2.17. The summed E-state index contributed by atoms with van der Waals surface area (Å²) < 4.78 is 0. The molecule has 0 atom stereocenters. The van der Waals surface area contributed by atoms with Gasteiger partial charge >= 0.3 is 0 Å². The van der Waals surface area contributed by atoms with Crippen LogP contribution in [0.25, 0.3) is 0 Å². The van der Waals surface area contributed by atoms with Crippen LogP contribution in [-0.2, 0) is 0 Å². The first-order valence-corrected chi connectivity index (χ1v) is 7.25. The standard InChI is InChI=1S/C16H26N2O/c1-5-12-17-14-10-8-13(9-11-14)16(19)18(4)15(6-2)7-3/h8-11,15,17H,5-7,12H2,1-4H3. The summed E-state index contributed by atoms with van der Waals surface area (Å²) in [6.07, 6.45) is 3.09. The van der Waals surface area contributed by atoms with Gasteiger partial charge in [-0.05, 0) is 43.5 Å². The average Bonchev–Trinajstić information content (AvgIpc) is 2.46. The number of amides is 1. The minimum absolute atomic E-state index is 0.107. The fourth-order valence-electron chi connectivity index (χ4n) is 2.21. The number of nitrogens with one attached hydrogen (secondary N) is 1. The predicted molar refractivity (Wildman–Crippen MR) is 81.7 cm³/mol. The number of benzene rings is 1. The fraction of sp³-hybridized carbons (Fsp3) is 0.562. The van der Waals surface area contributed by atoms with E-state index in [1.807, 2.05) is 36.2 Å². The van der Waals surface area contributed by atoms with Crippen molar-refractivity contribution in [2.24, 2.45) is 0 Å². The third kappa shape index (κ3) is 4.27. The zero-order chi connectivity index (χ0) is 14.3. The van der Waals surface area contributed by atoms with E-state index in [0.29, 0.717) is 6.04 Å². The van der Waals surface area contributed by atoms with Crippen LogP contribution in [0, 0.1) is 0 Å². The quantitative estimate of drug-likeness (QED) is 0.811. The van der Waals surface area contributed by atoms with Gasteiger partial charge in [-0.15, -0.1) is 0 Å². The number of hydrogen-bond acceptors (Lipinski definition) is 2. The van der Waals surface area contributed by atoms with Gasteiger partial charge in [-0.1, -0.05) is 20.8 Å². The minimum Gasteiger partial charge on any atom is -0.385 e. The van der Waals surface area contributed by atoms with Crippen LogP contribution in [0.4, 0.5) is 5.69 Å². The molecule has 0 bridgehead atoms. The Labute approximate surface area is 117 Å². The van der Waals surface area contributed by atoms with Crippen LogP contribution >= 0.6 is 0 Å². The van der Waals surface area contributed by atoms with Crippen molar-refractivity contribution in [3.63, 3.8) is 0 Å². The smallest absolute Gasteiger partial charge is 0.253 e. The first kappa shape index (κ1) is 15.5. The van der Waals surface area contributed by atoms with E-state index in [9.17, 15) is 4.79 Å². The molecule has 0 aliphatic rings. The summed E-state index contributed by atoms with van der Waals surface area (Å²) >= 11 is 0. The van der Waals surface area contributed by atoms with Crippen LogP contribution < -0.4 is 5.32 Å². The van der Waals surface area contributed by atoms with Crippen molar-refractivity contribution in [3.8, 4) is 0 Å². The zero-order valence-corrected chi connectivity index (χ0v) is 12.6. The Balaban J connectivity index is 2.71. The van der Waals surface area contributed by atoms with Gasteiger partial charge in [-0.3, -0.25) is 4.79 Å². The van der Waals surface area contributed by atoms with E-state index in [0.717, 1.165) is 37.1 Å². The highest BCUT2D eigenvalue weighted by molar-refractivity contribution is 5.94. The molecule has 0 saturated carbocycles. The topological polar surface area (TPSA) is 32.3 Å².